The summed E-state index contributed by atoms with van der Waals surface area (Å²) < 4.78 is 10.3. The lowest BCUT2D eigenvalue weighted by molar-refractivity contribution is -0.138. The lowest BCUT2D eigenvalue weighted by Crippen LogP contribution is -2.13. The second-order valence-corrected chi connectivity index (χ2v) is 3.57. The number of hydrogen-bond acceptors (Lipinski definition) is 5. The van der Waals surface area contributed by atoms with Gasteiger partial charge in [-0.15, -0.1) is 0 Å². The van der Waals surface area contributed by atoms with E-state index in [-0.39, 0.29) is 5.82 Å². The molecule has 0 spiro atoms. The predicted octanol–water partition coefficient (Wildman–Crippen LogP) is 0.704. The minimum atomic E-state index is -0.957. The topological polar surface area (TPSA) is 81.5 Å². The van der Waals surface area contributed by atoms with E-state index in [1.807, 2.05) is 0 Å². The van der Waals surface area contributed by atoms with Gasteiger partial charge >= 0.3 is 5.97 Å². The van der Waals surface area contributed by atoms with Crippen molar-refractivity contribution < 1.29 is 19.4 Å². The summed E-state index contributed by atoms with van der Waals surface area (Å²) in [7, 11) is 1.50. The number of rotatable bonds is 3. The van der Waals surface area contributed by atoms with Gasteiger partial charge in [0.05, 0.1) is 31.6 Å². The zero-order valence-electron chi connectivity index (χ0n) is 9.06. The molecule has 1 N–H and O–H groups in total. The van der Waals surface area contributed by atoms with Crippen molar-refractivity contribution in [3.63, 3.8) is 0 Å². The Balaban J connectivity index is 2.45. The number of nitrogens with zero attached hydrogens (tertiary/aromatic N) is 2. The Morgan fingerprint density at radius 2 is 2.25 bits per heavy atom. The lowest BCUT2D eigenvalue weighted by Gasteiger charge is -2.09. The summed E-state index contributed by atoms with van der Waals surface area (Å²) in [6.45, 7) is 2.34. The van der Waals surface area contributed by atoms with Crippen molar-refractivity contribution >= 4 is 5.97 Å². The van der Waals surface area contributed by atoms with Crippen LogP contribution in [0.25, 0.3) is 0 Å². The van der Waals surface area contributed by atoms with Gasteiger partial charge in [0, 0.05) is 0 Å². The van der Waals surface area contributed by atoms with Gasteiger partial charge < -0.3 is 14.6 Å². The monoisotopic (exact) mass is 224 g/mol. The van der Waals surface area contributed by atoms with Crippen LogP contribution in [0.1, 0.15) is 29.9 Å². The van der Waals surface area contributed by atoms with Crippen molar-refractivity contribution in [2.24, 2.45) is 0 Å². The summed E-state index contributed by atoms with van der Waals surface area (Å²) in [5.41, 5.74) is 1.53. The van der Waals surface area contributed by atoms with Gasteiger partial charge in [-0.1, -0.05) is 0 Å². The third kappa shape index (κ3) is 1.71. The smallest absolute Gasteiger partial charge is 0.313 e. The van der Waals surface area contributed by atoms with Crippen LogP contribution in [-0.4, -0.2) is 28.2 Å². The fourth-order valence-electron chi connectivity index (χ4n) is 1.51. The Hall–Kier alpha value is -1.69. The van der Waals surface area contributed by atoms with Crippen LogP contribution >= 0.6 is 0 Å². The molecule has 2 rings (SSSR count). The van der Waals surface area contributed by atoms with E-state index in [1.54, 1.807) is 6.92 Å². The van der Waals surface area contributed by atoms with Crippen LogP contribution in [0.15, 0.2) is 0 Å². The predicted molar refractivity (Wildman–Crippen MR) is 53.1 cm³/mol. The van der Waals surface area contributed by atoms with Crippen LogP contribution in [0.4, 0.5) is 0 Å². The highest BCUT2D eigenvalue weighted by Gasteiger charge is 2.25. The fraction of sp³-hybridized carbons (Fsp3) is 0.500. The van der Waals surface area contributed by atoms with Gasteiger partial charge in [0.2, 0.25) is 5.88 Å². The quantitative estimate of drug-likeness (QED) is 0.814. The van der Waals surface area contributed by atoms with Gasteiger partial charge in [0.15, 0.2) is 0 Å². The normalized spacial score (nSPS) is 15.6. The van der Waals surface area contributed by atoms with Crippen molar-refractivity contribution in [3.05, 3.63) is 17.1 Å². The molecule has 6 nitrogen and oxygen atoms in total. The Kier molecular flexibility index (Phi) is 2.74. The van der Waals surface area contributed by atoms with E-state index in [2.05, 4.69) is 9.97 Å². The first-order valence-electron chi connectivity index (χ1n) is 4.87. The largest absolute Gasteiger partial charge is 0.481 e. The van der Waals surface area contributed by atoms with E-state index in [0.717, 1.165) is 11.3 Å². The third-order valence-electron chi connectivity index (χ3n) is 2.51. The van der Waals surface area contributed by atoms with Crippen molar-refractivity contribution in [1.29, 1.82) is 0 Å². The van der Waals surface area contributed by atoms with Gasteiger partial charge in [-0.3, -0.25) is 4.79 Å². The van der Waals surface area contributed by atoms with Gasteiger partial charge in [0.25, 0.3) is 0 Å². The maximum Gasteiger partial charge on any atom is 0.313 e. The van der Waals surface area contributed by atoms with Crippen molar-refractivity contribution in [3.8, 4) is 5.88 Å². The molecular weight excluding hydrogens is 212 g/mol. The number of aliphatic carboxylic acids is 1. The molecule has 1 atom stereocenters. The van der Waals surface area contributed by atoms with E-state index in [1.165, 1.54) is 7.11 Å². The fourth-order valence-corrected chi connectivity index (χ4v) is 1.51. The minimum absolute atomic E-state index is 0.258. The zero-order valence-corrected chi connectivity index (χ0v) is 9.06. The van der Waals surface area contributed by atoms with Crippen LogP contribution < -0.4 is 4.74 Å². The average Bonchev–Trinajstić information content (AvgIpc) is 2.74. The second-order valence-electron chi connectivity index (χ2n) is 3.57. The van der Waals surface area contributed by atoms with Gasteiger partial charge in [-0.25, -0.2) is 4.98 Å². The molecule has 0 amide bonds. The summed E-state index contributed by atoms with van der Waals surface area (Å²) in [4.78, 5) is 19.1. The molecule has 1 aliphatic heterocycles. The number of carboxylic acids is 1. The van der Waals surface area contributed by atoms with Gasteiger partial charge in [-0.2, -0.15) is 4.98 Å². The highest BCUT2D eigenvalue weighted by molar-refractivity contribution is 5.74. The van der Waals surface area contributed by atoms with Crippen LogP contribution in [0.3, 0.4) is 0 Å². The summed E-state index contributed by atoms with van der Waals surface area (Å²) in [5, 5.41) is 8.90. The molecule has 86 valence electrons. The molecule has 0 aliphatic carbocycles. The molecule has 0 bridgehead atoms. The average molecular weight is 224 g/mol. The van der Waals surface area contributed by atoms with Crippen LogP contribution in [0.2, 0.25) is 0 Å². The Morgan fingerprint density at radius 3 is 2.88 bits per heavy atom. The van der Waals surface area contributed by atoms with Crippen LogP contribution in [-0.2, 0) is 22.7 Å². The Labute approximate surface area is 92.2 Å². The maximum atomic E-state index is 10.8. The molecule has 2 heterocycles. The van der Waals surface area contributed by atoms with E-state index in [0.29, 0.717) is 19.1 Å². The molecule has 0 aromatic carbocycles. The minimum Gasteiger partial charge on any atom is -0.481 e. The second kappa shape index (κ2) is 4.05. The first-order chi connectivity index (χ1) is 7.63. The Morgan fingerprint density at radius 1 is 1.50 bits per heavy atom. The number of aromatic nitrogens is 2. The van der Waals surface area contributed by atoms with E-state index < -0.39 is 11.9 Å². The molecule has 0 saturated carbocycles. The molecule has 6 heteroatoms. The lowest BCUT2D eigenvalue weighted by atomic mass is 10.1. The number of fused-ring (bicyclic) bond motifs is 1. The molecule has 1 aliphatic rings. The molecule has 16 heavy (non-hydrogen) atoms. The van der Waals surface area contributed by atoms with Crippen molar-refractivity contribution in [1.82, 2.24) is 9.97 Å². The number of carbonyl (C=O) groups is 1. The van der Waals surface area contributed by atoms with Crippen molar-refractivity contribution in [2.45, 2.75) is 26.1 Å². The summed E-state index contributed by atoms with van der Waals surface area (Å²) in [6, 6.07) is 0. The first kappa shape index (κ1) is 10.8. The maximum absolute atomic E-state index is 10.8. The van der Waals surface area contributed by atoms with E-state index >= 15 is 0 Å². The third-order valence-corrected chi connectivity index (χ3v) is 2.51. The first-order valence-corrected chi connectivity index (χ1v) is 4.87. The van der Waals surface area contributed by atoms with Crippen LogP contribution in [0.5, 0.6) is 5.88 Å². The molecule has 0 fully saturated rings. The van der Waals surface area contributed by atoms with Crippen LogP contribution in [0, 0.1) is 0 Å². The molecule has 1 unspecified atom stereocenters. The number of ether oxygens (including phenoxy) is 2. The summed E-state index contributed by atoms with van der Waals surface area (Å²) in [5.74, 6) is -1.04. The van der Waals surface area contributed by atoms with Gasteiger partial charge in [0.1, 0.15) is 11.7 Å². The molecule has 0 saturated heterocycles. The molecule has 1 aromatic rings. The SMILES string of the molecule is COc1nc(C(C)C(=O)O)nc2c1COC2. The summed E-state index contributed by atoms with van der Waals surface area (Å²) in [6.07, 6.45) is 0. The number of hydrogen-bond donors (Lipinski definition) is 1. The molecular formula is C10H12N2O4. The zero-order chi connectivity index (χ0) is 11.7. The van der Waals surface area contributed by atoms with E-state index in [4.69, 9.17) is 14.6 Å². The van der Waals surface area contributed by atoms with Gasteiger partial charge in [-0.05, 0) is 6.92 Å². The number of methoxy groups -OCH3 is 1. The highest BCUT2D eigenvalue weighted by Crippen LogP contribution is 2.27. The number of carboxylic acid groups (broad SMARTS) is 1. The Bertz CT molecular complexity index is 433. The standard InChI is InChI=1S/C10H12N2O4/c1-5(10(13)14)8-11-7-4-16-3-6(7)9(12-8)15-2/h5H,3-4H2,1-2H3,(H,13,14). The summed E-state index contributed by atoms with van der Waals surface area (Å²) >= 11 is 0. The van der Waals surface area contributed by atoms with E-state index in [9.17, 15) is 4.79 Å². The highest BCUT2D eigenvalue weighted by atomic mass is 16.5. The molecule has 1 aromatic heterocycles. The van der Waals surface area contributed by atoms with Crippen molar-refractivity contribution in [2.75, 3.05) is 7.11 Å². The molecule has 0 radical (unpaired) electrons.